The maximum Gasteiger partial charge on any atom is 0.290 e. The summed E-state index contributed by atoms with van der Waals surface area (Å²) in [5.41, 5.74) is 1.26. The average Bonchev–Trinajstić information content (AvgIpc) is 3.11. The minimum absolute atomic E-state index is 0.289. The van der Waals surface area contributed by atoms with Gasteiger partial charge in [0.2, 0.25) is 5.89 Å². The molecule has 3 aliphatic heterocycles. The van der Waals surface area contributed by atoms with Gasteiger partial charge in [0.15, 0.2) is 23.8 Å². The molecule has 4 heterocycles. The minimum atomic E-state index is -0.655. The molecule has 4 aliphatic rings. The lowest BCUT2D eigenvalue weighted by Crippen LogP contribution is -2.48. The van der Waals surface area contributed by atoms with E-state index < -0.39 is 5.62 Å². The van der Waals surface area contributed by atoms with Gasteiger partial charge in [0.25, 0.3) is 5.95 Å². The zero-order chi connectivity index (χ0) is 19.0. The predicted octanol–water partition coefficient (Wildman–Crippen LogP) is 2.90. The molecule has 0 spiro atoms. The number of halogens is 1. The van der Waals surface area contributed by atoms with Crippen molar-refractivity contribution in [2.75, 3.05) is 9.91 Å². The van der Waals surface area contributed by atoms with Crippen LogP contribution in [0.5, 0.6) is 0 Å². The minimum Gasteiger partial charge on any atom is -0.337 e. The molecule has 1 saturated carbocycles. The van der Waals surface area contributed by atoms with Gasteiger partial charge in [-0.05, 0) is 23.6 Å². The van der Waals surface area contributed by atoms with Gasteiger partial charge >= 0.3 is 0 Å². The van der Waals surface area contributed by atoms with Gasteiger partial charge in [0.1, 0.15) is 6.34 Å². The van der Waals surface area contributed by atoms with Crippen molar-refractivity contribution in [2.45, 2.75) is 31.1 Å². The molecule has 0 saturated heterocycles. The molecule has 4 unspecified atom stereocenters. The number of benzene rings is 1. The summed E-state index contributed by atoms with van der Waals surface area (Å²) < 4.78 is 5.48. The van der Waals surface area contributed by atoms with E-state index in [4.69, 9.17) is 16.1 Å². The van der Waals surface area contributed by atoms with Crippen LogP contribution in [0, 0.1) is 17.4 Å². The second-order valence-corrected chi connectivity index (χ2v) is 7.70. The molecular formula is C18H15ClN8O. The number of nitrogens with zero attached hydrogens (tertiary/aromatic N) is 8. The summed E-state index contributed by atoms with van der Waals surface area (Å²) in [6.45, 7) is 2.17. The Morgan fingerprint density at radius 3 is 2.93 bits per heavy atom. The Labute approximate surface area is 165 Å². The fourth-order valence-corrected chi connectivity index (χ4v) is 4.29. The Hall–Kier alpha value is -3.25. The summed E-state index contributed by atoms with van der Waals surface area (Å²) in [6, 6.07) is 7.91. The van der Waals surface area contributed by atoms with Crippen LogP contribution in [0.2, 0.25) is 0 Å². The second-order valence-electron chi connectivity index (χ2n) is 7.31. The molecule has 4 atom stereocenters. The first kappa shape index (κ1) is 15.8. The number of nitriles is 1. The van der Waals surface area contributed by atoms with Crippen LogP contribution in [-0.4, -0.2) is 32.0 Å². The molecular weight excluding hydrogens is 380 g/mol. The second kappa shape index (κ2) is 5.39. The van der Waals surface area contributed by atoms with Crippen LogP contribution in [0.1, 0.15) is 36.9 Å². The number of hydrazine groups is 1. The van der Waals surface area contributed by atoms with Crippen molar-refractivity contribution in [3.8, 4) is 6.19 Å². The van der Waals surface area contributed by atoms with Gasteiger partial charge in [-0.1, -0.05) is 36.7 Å². The first-order chi connectivity index (χ1) is 13.7. The number of aromatic nitrogens is 2. The van der Waals surface area contributed by atoms with Crippen molar-refractivity contribution in [3.05, 3.63) is 47.7 Å². The molecule has 0 N–H and O–H groups in total. The highest BCUT2D eigenvalue weighted by molar-refractivity contribution is 6.22. The first-order valence-electron chi connectivity index (χ1n) is 9.05. The Kier molecular flexibility index (Phi) is 3.04. The van der Waals surface area contributed by atoms with Crippen LogP contribution in [0.4, 0.5) is 11.6 Å². The molecule has 140 valence electrons. The molecule has 9 nitrogen and oxygen atoms in total. The van der Waals surface area contributed by atoms with Gasteiger partial charge < -0.3 is 4.52 Å². The highest BCUT2D eigenvalue weighted by atomic mass is 35.5. The molecule has 2 aromatic rings. The van der Waals surface area contributed by atoms with Gasteiger partial charge in [-0.3, -0.25) is 4.90 Å². The summed E-state index contributed by atoms with van der Waals surface area (Å²) in [4.78, 5) is 12.6. The third-order valence-electron chi connectivity index (χ3n) is 5.61. The van der Waals surface area contributed by atoms with E-state index in [1.807, 2.05) is 34.2 Å². The van der Waals surface area contributed by atoms with E-state index in [0.29, 0.717) is 23.7 Å². The molecule has 1 aromatic carbocycles. The Morgan fingerprint density at radius 2 is 2.14 bits per heavy atom. The molecule has 10 heteroatoms. The van der Waals surface area contributed by atoms with Crippen molar-refractivity contribution in [1.29, 1.82) is 5.26 Å². The van der Waals surface area contributed by atoms with Crippen LogP contribution in [0.3, 0.4) is 0 Å². The van der Waals surface area contributed by atoms with E-state index in [9.17, 15) is 5.26 Å². The number of alkyl halides is 1. The zero-order valence-corrected chi connectivity index (χ0v) is 15.6. The Bertz CT molecular complexity index is 1070. The zero-order valence-electron chi connectivity index (χ0n) is 14.8. The highest BCUT2D eigenvalue weighted by Crippen LogP contribution is 2.49. The number of para-hydroxylation sites is 1. The van der Waals surface area contributed by atoms with Crippen molar-refractivity contribution in [1.82, 2.24) is 20.0 Å². The van der Waals surface area contributed by atoms with Crippen LogP contribution < -0.4 is 9.91 Å². The molecule has 1 fully saturated rings. The van der Waals surface area contributed by atoms with E-state index in [-0.39, 0.29) is 6.17 Å². The summed E-state index contributed by atoms with van der Waals surface area (Å²) in [5, 5.41) is 17.3. The van der Waals surface area contributed by atoms with Crippen LogP contribution in [-0.2, 0) is 0 Å². The van der Waals surface area contributed by atoms with Gasteiger partial charge in [-0.25, -0.2) is 19.9 Å². The number of anilines is 2. The fraction of sp³-hybridized carbons (Fsp3) is 0.333. The third-order valence-corrected chi connectivity index (χ3v) is 6.02. The van der Waals surface area contributed by atoms with Crippen molar-refractivity contribution in [3.63, 3.8) is 0 Å². The van der Waals surface area contributed by atoms with Crippen molar-refractivity contribution < 1.29 is 4.52 Å². The average molecular weight is 395 g/mol. The van der Waals surface area contributed by atoms with E-state index in [0.717, 1.165) is 23.5 Å². The third kappa shape index (κ3) is 1.98. The molecule has 0 amide bonds. The summed E-state index contributed by atoms with van der Waals surface area (Å²) in [6.07, 6.45) is 6.30. The smallest absolute Gasteiger partial charge is 0.290 e. The Morgan fingerprint density at radius 1 is 1.32 bits per heavy atom. The maximum atomic E-state index is 9.47. The largest absolute Gasteiger partial charge is 0.337 e. The highest BCUT2D eigenvalue weighted by Gasteiger charge is 2.48. The molecule has 1 aromatic heterocycles. The standard InChI is InChI=1S/C18H15ClN8O/c1-10-6-12(10)16-22-18(23-28-16)25-9-21-15-11-4-2-3-5-13(11)26-14(27(15)25)7-24(8-20)17(26)19/h2-5,7,9-10,12,15,17H,6H2,1H3. The molecule has 0 radical (unpaired) electrons. The monoisotopic (exact) mass is 394 g/mol. The number of hydrogen-bond donors (Lipinski definition) is 0. The SMILES string of the molecule is CC1CC1c1nc(N2C=NC3c4ccccc4N4C(=CN(C#N)C4Cl)N32)no1. The van der Waals surface area contributed by atoms with Crippen molar-refractivity contribution in [2.24, 2.45) is 10.9 Å². The lowest BCUT2D eigenvalue weighted by molar-refractivity contribution is 0.274. The summed E-state index contributed by atoms with van der Waals surface area (Å²) in [5.74, 6) is 2.71. The predicted molar refractivity (Wildman–Crippen MR) is 100 cm³/mol. The first-order valence-corrected chi connectivity index (χ1v) is 9.48. The van der Waals surface area contributed by atoms with E-state index >= 15 is 0 Å². The molecule has 1 aliphatic carbocycles. The number of hydrogen-bond acceptors (Lipinski definition) is 9. The molecule has 6 rings (SSSR count). The number of fused-ring (bicyclic) bond motifs is 6. The van der Waals surface area contributed by atoms with Gasteiger partial charge in [0.05, 0.1) is 11.9 Å². The van der Waals surface area contributed by atoms with Gasteiger partial charge in [-0.15, -0.1) is 0 Å². The van der Waals surface area contributed by atoms with Crippen LogP contribution in [0.15, 0.2) is 45.8 Å². The molecule has 28 heavy (non-hydrogen) atoms. The fourth-order valence-electron chi connectivity index (χ4n) is 3.99. The van der Waals surface area contributed by atoms with Crippen LogP contribution >= 0.6 is 11.6 Å². The summed E-state index contributed by atoms with van der Waals surface area (Å²) >= 11 is 6.58. The van der Waals surface area contributed by atoms with E-state index in [1.165, 1.54) is 4.90 Å². The number of aliphatic imine (C=N–C) groups is 1. The Balaban J connectivity index is 1.45. The van der Waals surface area contributed by atoms with Crippen molar-refractivity contribution >= 4 is 29.6 Å². The summed E-state index contributed by atoms with van der Waals surface area (Å²) in [7, 11) is 0. The van der Waals surface area contributed by atoms with E-state index in [1.54, 1.807) is 17.5 Å². The quantitative estimate of drug-likeness (QED) is 0.436. The lowest BCUT2D eigenvalue weighted by Gasteiger charge is -2.42. The van der Waals surface area contributed by atoms with Gasteiger partial charge in [-0.2, -0.15) is 10.2 Å². The lowest BCUT2D eigenvalue weighted by atomic mass is 10.1. The van der Waals surface area contributed by atoms with Gasteiger partial charge in [0, 0.05) is 11.5 Å². The topological polar surface area (TPSA) is 88.0 Å². The number of rotatable bonds is 2. The maximum absolute atomic E-state index is 9.47. The van der Waals surface area contributed by atoms with E-state index in [2.05, 4.69) is 28.2 Å². The van der Waals surface area contributed by atoms with Crippen LogP contribution in [0.25, 0.3) is 0 Å². The molecule has 0 bridgehead atoms. The normalized spacial score (nSPS) is 29.4.